The Hall–Kier alpha value is -0.380. The molecular weight excluding hydrogens is 200 g/mol. The van der Waals surface area contributed by atoms with Gasteiger partial charge in [0.15, 0.2) is 0 Å². The Balaban J connectivity index is 1.96. The van der Waals surface area contributed by atoms with Crippen LogP contribution >= 0.6 is 0 Å². The fourth-order valence-corrected chi connectivity index (χ4v) is 2.86. The second-order valence-electron chi connectivity index (χ2n) is 5.17. The predicted molar refractivity (Wildman–Crippen MR) is 66.6 cm³/mol. The standard InChI is InChI=1S/C13H24N2O/c1-11-4-5-13(16-3)12(10-11)15-8-6-14(2)7-9-15/h12-13H,1,4-10H2,2-3H3. The van der Waals surface area contributed by atoms with E-state index in [1.165, 1.54) is 31.8 Å². The molecule has 0 aromatic heterocycles. The zero-order valence-corrected chi connectivity index (χ0v) is 10.6. The van der Waals surface area contributed by atoms with Gasteiger partial charge in [0.2, 0.25) is 0 Å². The van der Waals surface area contributed by atoms with E-state index in [0.717, 1.165) is 19.3 Å². The number of piperazine rings is 1. The molecule has 92 valence electrons. The third kappa shape index (κ3) is 2.65. The average Bonchev–Trinajstić information content (AvgIpc) is 2.30. The molecule has 2 fully saturated rings. The van der Waals surface area contributed by atoms with E-state index in [1.807, 2.05) is 7.11 Å². The molecule has 0 spiro atoms. The van der Waals surface area contributed by atoms with Gasteiger partial charge in [0.25, 0.3) is 0 Å². The van der Waals surface area contributed by atoms with Crippen LogP contribution in [0, 0.1) is 0 Å². The smallest absolute Gasteiger partial charge is 0.0732 e. The van der Waals surface area contributed by atoms with Crippen LogP contribution in [0.25, 0.3) is 0 Å². The van der Waals surface area contributed by atoms with Gasteiger partial charge in [0, 0.05) is 39.3 Å². The maximum absolute atomic E-state index is 5.64. The molecule has 3 heteroatoms. The molecule has 16 heavy (non-hydrogen) atoms. The van der Waals surface area contributed by atoms with Crippen molar-refractivity contribution < 1.29 is 4.74 Å². The Labute approximate surface area is 99.1 Å². The van der Waals surface area contributed by atoms with Gasteiger partial charge in [-0.25, -0.2) is 0 Å². The summed E-state index contributed by atoms with van der Waals surface area (Å²) in [5.41, 5.74) is 1.40. The molecule has 1 saturated carbocycles. The van der Waals surface area contributed by atoms with Crippen molar-refractivity contribution in [3.8, 4) is 0 Å². The van der Waals surface area contributed by atoms with Crippen molar-refractivity contribution in [1.82, 2.24) is 9.80 Å². The highest BCUT2D eigenvalue weighted by Crippen LogP contribution is 2.28. The topological polar surface area (TPSA) is 15.7 Å². The summed E-state index contributed by atoms with van der Waals surface area (Å²) in [6, 6.07) is 0.569. The number of hydrogen-bond acceptors (Lipinski definition) is 3. The number of nitrogens with zero attached hydrogens (tertiary/aromatic N) is 2. The third-order valence-electron chi connectivity index (χ3n) is 4.02. The van der Waals surface area contributed by atoms with E-state index in [4.69, 9.17) is 4.74 Å². The van der Waals surface area contributed by atoms with Crippen LogP contribution in [0.15, 0.2) is 12.2 Å². The first-order valence-electron chi connectivity index (χ1n) is 6.32. The molecule has 0 aromatic rings. The monoisotopic (exact) mass is 224 g/mol. The largest absolute Gasteiger partial charge is 0.380 e. The summed E-state index contributed by atoms with van der Waals surface area (Å²) < 4.78 is 5.64. The van der Waals surface area contributed by atoms with Gasteiger partial charge in [0.1, 0.15) is 0 Å². The molecular formula is C13H24N2O. The molecule has 2 aliphatic rings. The SMILES string of the molecule is C=C1CCC(OC)C(N2CCN(C)CC2)C1. The molecule has 0 aromatic carbocycles. The summed E-state index contributed by atoms with van der Waals surface area (Å²) in [7, 11) is 4.05. The first kappa shape index (κ1) is 12.1. The van der Waals surface area contributed by atoms with Crippen molar-refractivity contribution >= 4 is 0 Å². The number of methoxy groups -OCH3 is 1. The van der Waals surface area contributed by atoms with Gasteiger partial charge in [-0.3, -0.25) is 4.90 Å². The van der Waals surface area contributed by atoms with Gasteiger partial charge in [-0.1, -0.05) is 12.2 Å². The van der Waals surface area contributed by atoms with E-state index in [9.17, 15) is 0 Å². The highest BCUT2D eigenvalue weighted by atomic mass is 16.5. The second-order valence-corrected chi connectivity index (χ2v) is 5.17. The fourth-order valence-electron chi connectivity index (χ4n) is 2.86. The van der Waals surface area contributed by atoms with E-state index in [2.05, 4.69) is 23.4 Å². The van der Waals surface area contributed by atoms with Crippen molar-refractivity contribution in [3.63, 3.8) is 0 Å². The predicted octanol–water partition coefficient (Wildman–Crippen LogP) is 1.36. The first-order chi connectivity index (χ1) is 7.70. The molecule has 1 aliphatic heterocycles. The zero-order valence-electron chi connectivity index (χ0n) is 10.6. The zero-order chi connectivity index (χ0) is 11.5. The van der Waals surface area contributed by atoms with E-state index >= 15 is 0 Å². The van der Waals surface area contributed by atoms with Crippen LogP contribution in [0.4, 0.5) is 0 Å². The highest BCUT2D eigenvalue weighted by molar-refractivity contribution is 5.05. The summed E-state index contributed by atoms with van der Waals surface area (Å²) in [4.78, 5) is 4.99. The highest BCUT2D eigenvalue weighted by Gasteiger charge is 2.32. The lowest BCUT2D eigenvalue weighted by molar-refractivity contribution is -0.0152. The summed E-state index contributed by atoms with van der Waals surface area (Å²) in [5, 5.41) is 0. The maximum Gasteiger partial charge on any atom is 0.0732 e. The van der Waals surface area contributed by atoms with Gasteiger partial charge in [-0.2, -0.15) is 0 Å². The third-order valence-corrected chi connectivity index (χ3v) is 4.02. The van der Waals surface area contributed by atoms with Crippen LogP contribution in [-0.4, -0.2) is 62.3 Å². The van der Waals surface area contributed by atoms with Gasteiger partial charge in [0.05, 0.1) is 6.10 Å². The van der Waals surface area contributed by atoms with Crippen molar-refractivity contribution in [1.29, 1.82) is 0 Å². The van der Waals surface area contributed by atoms with E-state index in [0.29, 0.717) is 12.1 Å². The van der Waals surface area contributed by atoms with E-state index in [1.54, 1.807) is 0 Å². The average molecular weight is 224 g/mol. The van der Waals surface area contributed by atoms with Crippen molar-refractivity contribution in [2.45, 2.75) is 31.4 Å². The Morgan fingerprint density at radius 3 is 2.56 bits per heavy atom. The van der Waals surface area contributed by atoms with Crippen molar-refractivity contribution in [2.24, 2.45) is 0 Å². The summed E-state index contributed by atoms with van der Waals surface area (Å²) in [6.07, 6.45) is 3.83. The molecule has 2 rings (SSSR count). The molecule has 0 radical (unpaired) electrons. The normalized spacial score (nSPS) is 34.2. The Morgan fingerprint density at radius 2 is 1.94 bits per heavy atom. The molecule has 0 bridgehead atoms. The van der Waals surface area contributed by atoms with Crippen LogP contribution in [0.2, 0.25) is 0 Å². The number of ether oxygens (including phenoxy) is 1. The quantitative estimate of drug-likeness (QED) is 0.659. The van der Waals surface area contributed by atoms with Crippen LogP contribution in [0.3, 0.4) is 0 Å². The molecule has 2 atom stereocenters. The fraction of sp³-hybridized carbons (Fsp3) is 0.846. The van der Waals surface area contributed by atoms with Gasteiger partial charge in [-0.05, 0) is 26.3 Å². The van der Waals surface area contributed by atoms with Crippen LogP contribution in [0.1, 0.15) is 19.3 Å². The van der Waals surface area contributed by atoms with Crippen LogP contribution in [-0.2, 0) is 4.74 Å². The maximum atomic E-state index is 5.64. The minimum atomic E-state index is 0.411. The van der Waals surface area contributed by atoms with Gasteiger partial charge >= 0.3 is 0 Å². The van der Waals surface area contributed by atoms with Gasteiger partial charge < -0.3 is 9.64 Å². The summed E-state index contributed by atoms with van der Waals surface area (Å²) >= 11 is 0. The number of rotatable bonds is 2. The molecule has 0 N–H and O–H groups in total. The molecule has 0 amide bonds. The van der Waals surface area contributed by atoms with Crippen molar-refractivity contribution in [2.75, 3.05) is 40.3 Å². The Bertz CT molecular complexity index is 246. The lowest BCUT2D eigenvalue weighted by Crippen LogP contribution is -2.54. The van der Waals surface area contributed by atoms with Crippen LogP contribution < -0.4 is 0 Å². The number of likely N-dealkylation sites (N-methyl/N-ethyl adjacent to an activating group) is 1. The molecule has 1 heterocycles. The lowest BCUT2D eigenvalue weighted by atomic mass is 9.87. The molecule has 1 aliphatic carbocycles. The van der Waals surface area contributed by atoms with Crippen molar-refractivity contribution in [3.05, 3.63) is 12.2 Å². The molecule has 1 saturated heterocycles. The first-order valence-corrected chi connectivity index (χ1v) is 6.32. The van der Waals surface area contributed by atoms with E-state index in [-0.39, 0.29) is 0 Å². The lowest BCUT2D eigenvalue weighted by Gasteiger charge is -2.43. The van der Waals surface area contributed by atoms with Gasteiger partial charge in [-0.15, -0.1) is 0 Å². The number of hydrogen-bond donors (Lipinski definition) is 0. The summed E-state index contributed by atoms with van der Waals surface area (Å²) in [6.45, 7) is 8.86. The minimum Gasteiger partial charge on any atom is -0.380 e. The molecule has 2 unspecified atom stereocenters. The minimum absolute atomic E-state index is 0.411. The second kappa shape index (κ2) is 5.30. The Kier molecular flexibility index (Phi) is 4.00. The Morgan fingerprint density at radius 1 is 1.25 bits per heavy atom. The molecule has 3 nitrogen and oxygen atoms in total. The van der Waals surface area contributed by atoms with Crippen LogP contribution in [0.5, 0.6) is 0 Å². The van der Waals surface area contributed by atoms with E-state index < -0.39 is 0 Å². The summed E-state index contributed by atoms with van der Waals surface area (Å²) in [5.74, 6) is 0.